The Balaban J connectivity index is 2.02. The van der Waals surface area contributed by atoms with Crippen LogP contribution in [0.2, 0.25) is 0 Å². The van der Waals surface area contributed by atoms with Crippen LogP contribution in [0.25, 0.3) is 5.69 Å². The number of hydrogen-bond donors (Lipinski definition) is 1. The molecule has 6 heteroatoms. The number of para-hydroxylation sites is 1. The molecule has 108 valence electrons. The Morgan fingerprint density at radius 1 is 1.20 bits per heavy atom. The third-order valence-electron chi connectivity index (χ3n) is 2.78. The van der Waals surface area contributed by atoms with Gasteiger partial charge in [-0.15, -0.1) is 0 Å². The Kier molecular flexibility index (Phi) is 4.32. The van der Waals surface area contributed by atoms with Crippen LogP contribution in [0.4, 0.5) is 19.1 Å². The molecular formula is C14H16F3N3. The van der Waals surface area contributed by atoms with Gasteiger partial charge >= 0.3 is 6.18 Å². The SMILES string of the molecule is Cc1cn(-c2ccccc2)c(NCCCC(F)(F)F)n1. The van der Waals surface area contributed by atoms with Crippen molar-refractivity contribution in [1.29, 1.82) is 0 Å². The van der Waals surface area contributed by atoms with Gasteiger partial charge in [0.15, 0.2) is 0 Å². The van der Waals surface area contributed by atoms with E-state index in [0.29, 0.717) is 5.95 Å². The van der Waals surface area contributed by atoms with E-state index >= 15 is 0 Å². The molecule has 0 aliphatic heterocycles. The van der Waals surface area contributed by atoms with E-state index in [-0.39, 0.29) is 13.0 Å². The summed E-state index contributed by atoms with van der Waals surface area (Å²) < 4.78 is 38.1. The average molecular weight is 283 g/mol. The van der Waals surface area contributed by atoms with Crippen LogP contribution in [0.5, 0.6) is 0 Å². The Morgan fingerprint density at radius 2 is 1.90 bits per heavy atom. The van der Waals surface area contributed by atoms with Crippen LogP contribution in [0.3, 0.4) is 0 Å². The van der Waals surface area contributed by atoms with Crippen LogP contribution >= 0.6 is 0 Å². The van der Waals surface area contributed by atoms with Gasteiger partial charge in [-0.25, -0.2) is 4.98 Å². The summed E-state index contributed by atoms with van der Waals surface area (Å²) in [6, 6.07) is 9.55. The number of aromatic nitrogens is 2. The van der Waals surface area contributed by atoms with E-state index in [4.69, 9.17) is 0 Å². The molecular weight excluding hydrogens is 267 g/mol. The van der Waals surface area contributed by atoms with Gasteiger partial charge in [-0.05, 0) is 25.5 Å². The van der Waals surface area contributed by atoms with Crippen LogP contribution in [0.1, 0.15) is 18.5 Å². The van der Waals surface area contributed by atoms with E-state index in [2.05, 4.69) is 10.3 Å². The molecule has 0 saturated carbocycles. The molecule has 2 rings (SSSR count). The minimum atomic E-state index is -4.10. The molecule has 2 aromatic rings. The molecule has 0 spiro atoms. The van der Waals surface area contributed by atoms with Crippen LogP contribution < -0.4 is 5.32 Å². The predicted molar refractivity (Wildman–Crippen MR) is 72.1 cm³/mol. The van der Waals surface area contributed by atoms with Gasteiger partial charge in [-0.3, -0.25) is 4.57 Å². The molecule has 3 nitrogen and oxygen atoms in total. The molecule has 0 radical (unpaired) electrons. The molecule has 0 bridgehead atoms. The summed E-state index contributed by atoms with van der Waals surface area (Å²) in [6.45, 7) is 2.09. The number of rotatable bonds is 5. The monoisotopic (exact) mass is 283 g/mol. The highest BCUT2D eigenvalue weighted by Crippen LogP contribution is 2.21. The number of nitrogens with one attached hydrogen (secondary N) is 1. The smallest absolute Gasteiger partial charge is 0.355 e. The van der Waals surface area contributed by atoms with Gasteiger partial charge in [0.05, 0.1) is 5.69 Å². The van der Waals surface area contributed by atoms with Crippen molar-refractivity contribution >= 4 is 5.95 Å². The quantitative estimate of drug-likeness (QED) is 0.842. The molecule has 0 amide bonds. The fraction of sp³-hybridized carbons (Fsp3) is 0.357. The van der Waals surface area contributed by atoms with Gasteiger partial charge in [-0.2, -0.15) is 13.2 Å². The second-order valence-corrected chi connectivity index (χ2v) is 4.56. The van der Waals surface area contributed by atoms with Crippen LogP contribution in [-0.2, 0) is 0 Å². The van der Waals surface area contributed by atoms with E-state index in [1.165, 1.54) is 0 Å². The van der Waals surface area contributed by atoms with Crippen LogP contribution in [0, 0.1) is 6.92 Å². The summed E-state index contributed by atoms with van der Waals surface area (Å²) in [5.41, 5.74) is 1.73. The fourth-order valence-corrected chi connectivity index (χ4v) is 1.90. The van der Waals surface area contributed by atoms with E-state index < -0.39 is 12.6 Å². The molecule has 0 unspecified atom stereocenters. The predicted octanol–water partition coefficient (Wildman–Crippen LogP) is 3.94. The summed E-state index contributed by atoms with van der Waals surface area (Å²) in [4.78, 5) is 4.29. The maximum Gasteiger partial charge on any atom is 0.389 e. The number of aryl methyl sites for hydroxylation is 1. The van der Waals surface area contributed by atoms with E-state index in [1.54, 1.807) is 0 Å². The maximum atomic E-state index is 12.1. The summed E-state index contributed by atoms with van der Waals surface area (Å²) >= 11 is 0. The van der Waals surface area contributed by atoms with Crippen molar-refractivity contribution in [3.8, 4) is 5.69 Å². The van der Waals surface area contributed by atoms with Crippen molar-refractivity contribution < 1.29 is 13.2 Å². The van der Waals surface area contributed by atoms with Crippen molar-refractivity contribution in [1.82, 2.24) is 9.55 Å². The zero-order valence-electron chi connectivity index (χ0n) is 11.1. The van der Waals surface area contributed by atoms with Crippen molar-refractivity contribution in [2.45, 2.75) is 25.9 Å². The normalized spacial score (nSPS) is 11.6. The first-order chi connectivity index (χ1) is 9.46. The molecule has 1 N–H and O–H groups in total. The molecule has 0 atom stereocenters. The first-order valence-electron chi connectivity index (χ1n) is 6.38. The Hall–Kier alpha value is -1.98. The topological polar surface area (TPSA) is 29.9 Å². The standard InChI is InChI=1S/C14H16F3N3/c1-11-10-20(12-6-3-2-4-7-12)13(19-11)18-9-5-8-14(15,16)17/h2-4,6-7,10H,5,8-9H2,1H3,(H,18,19). The maximum absolute atomic E-state index is 12.1. The fourth-order valence-electron chi connectivity index (χ4n) is 1.90. The van der Waals surface area contributed by atoms with Crippen molar-refractivity contribution in [3.63, 3.8) is 0 Å². The molecule has 0 aliphatic rings. The lowest BCUT2D eigenvalue weighted by atomic mass is 10.3. The minimum Gasteiger partial charge on any atom is -0.355 e. The third kappa shape index (κ3) is 4.01. The van der Waals surface area contributed by atoms with Crippen LogP contribution in [-0.4, -0.2) is 22.3 Å². The number of hydrogen-bond acceptors (Lipinski definition) is 2. The van der Waals surface area contributed by atoms with Gasteiger partial charge < -0.3 is 5.32 Å². The van der Waals surface area contributed by atoms with Crippen molar-refractivity contribution in [3.05, 3.63) is 42.2 Å². The molecule has 0 saturated heterocycles. The zero-order chi connectivity index (χ0) is 14.6. The highest BCUT2D eigenvalue weighted by molar-refractivity contribution is 5.42. The van der Waals surface area contributed by atoms with Crippen LogP contribution in [0.15, 0.2) is 36.5 Å². The van der Waals surface area contributed by atoms with Gasteiger partial charge in [0.1, 0.15) is 0 Å². The number of benzene rings is 1. The summed E-state index contributed by atoms with van der Waals surface area (Å²) in [7, 11) is 0. The van der Waals surface area contributed by atoms with Gasteiger partial charge in [0, 0.05) is 24.8 Å². The lowest BCUT2D eigenvalue weighted by Gasteiger charge is -2.10. The highest BCUT2D eigenvalue weighted by atomic mass is 19.4. The summed E-state index contributed by atoms with van der Waals surface area (Å²) in [6.07, 6.45) is -3.01. The first-order valence-corrected chi connectivity index (χ1v) is 6.38. The largest absolute Gasteiger partial charge is 0.389 e. The van der Waals surface area contributed by atoms with E-state index in [9.17, 15) is 13.2 Å². The average Bonchev–Trinajstić information content (AvgIpc) is 2.76. The number of alkyl halides is 3. The second kappa shape index (κ2) is 5.98. The summed E-state index contributed by atoms with van der Waals surface area (Å²) in [5.74, 6) is 0.566. The minimum absolute atomic E-state index is 0.0319. The third-order valence-corrected chi connectivity index (χ3v) is 2.78. The molecule has 0 aliphatic carbocycles. The van der Waals surface area contributed by atoms with Crippen molar-refractivity contribution in [2.24, 2.45) is 0 Å². The van der Waals surface area contributed by atoms with E-state index in [1.807, 2.05) is 48.0 Å². The molecule has 1 aromatic carbocycles. The van der Waals surface area contributed by atoms with E-state index in [0.717, 1.165) is 11.4 Å². The van der Waals surface area contributed by atoms with Crippen molar-refractivity contribution in [2.75, 3.05) is 11.9 Å². The Bertz CT molecular complexity index is 547. The Morgan fingerprint density at radius 3 is 2.55 bits per heavy atom. The number of imidazole rings is 1. The van der Waals surface area contributed by atoms with Gasteiger partial charge in [-0.1, -0.05) is 18.2 Å². The second-order valence-electron chi connectivity index (χ2n) is 4.56. The molecule has 1 aromatic heterocycles. The first kappa shape index (κ1) is 14.4. The molecule has 0 fully saturated rings. The summed E-state index contributed by atoms with van der Waals surface area (Å²) in [5, 5.41) is 2.96. The number of anilines is 1. The number of halogens is 3. The molecule has 1 heterocycles. The van der Waals surface area contributed by atoms with Gasteiger partial charge in [0.2, 0.25) is 5.95 Å². The molecule has 20 heavy (non-hydrogen) atoms. The lowest BCUT2D eigenvalue weighted by molar-refractivity contribution is -0.134. The zero-order valence-corrected chi connectivity index (χ0v) is 11.1. The lowest BCUT2D eigenvalue weighted by Crippen LogP contribution is -2.12. The Labute approximate surface area is 115 Å². The van der Waals surface area contributed by atoms with Gasteiger partial charge in [0.25, 0.3) is 0 Å². The highest BCUT2D eigenvalue weighted by Gasteiger charge is 2.25. The number of nitrogens with zero attached hydrogens (tertiary/aromatic N) is 2.